The quantitative estimate of drug-likeness (QED) is 0.502. The maximum absolute atomic E-state index is 10.3. The van der Waals surface area contributed by atoms with Crippen LogP contribution in [0.1, 0.15) is 0 Å². The first-order chi connectivity index (χ1) is 4.09. The summed E-state index contributed by atoms with van der Waals surface area (Å²) in [6.45, 7) is 6.83. The van der Waals surface area contributed by atoms with Crippen molar-refractivity contribution in [3.63, 3.8) is 0 Å². The third-order valence-electron chi connectivity index (χ3n) is 0.968. The van der Waals surface area contributed by atoms with Crippen molar-refractivity contribution in [2.24, 2.45) is 11.5 Å². The fraction of sp³-hybridized carbons (Fsp3) is 0.167. The Morgan fingerprint density at radius 2 is 2.11 bits per heavy atom. The van der Waals surface area contributed by atoms with Crippen LogP contribution in [0, 0.1) is 0 Å². The van der Waals surface area contributed by atoms with Crippen LogP contribution in [-0.4, -0.2) is 11.9 Å². The van der Waals surface area contributed by atoms with Gasteiger partial charge in [0, 0.05) is 0 Å². The molecule has 3 nitrogen and oxygen atoms in total. The van der Waals surface area contributed by atoms with E-state index >= 15 is 0 Å². The van der Waals surface area contributed by atoms with E-state index in [4.69, 9.17) is 11.5 Å². The number of rotatable bonds is 3. The highest BCUT2D eigenvalue weighted by molar-refractivity contribution is 5.83. The van der Waals surface area contributed by atoms with Crippen molar-refractivity contribution in [2.45, 2.75) is 6.04 Å². The second-order valence-electron chi connectivity index (χ2n) is 1.66. The first-order valence-corrected chi connectivity index (χ1v) is 2.45. The molecule has 0 fully saturated rings. The van der Waals surface area contributed by atoms with E-state index in [0.29, 0.717) is 5.57 Å². The minimum atomic E-state index is -0.789. The van der Waals surface area contributed by atoms with E-state index in [1.807, 2.05) is 0 Å². The number of nitrogens with two attached hydrogens (primary N) is 2. The molecule has 4 N–H and O–H groups in total. The number of carbonyl (C=O) groups is 1. The Labute approximate surface area is 54.0 Å². The van der Waals surface area contributed by atoms with Crippen LogP contribution in [0.5, 0.6) is 0 Å². The molecule has 0 unspecified atom stereocenters. The van der Waals surface area contributed by atoms with Gasteiger partial charge >= 0.3 is 0 Å². The Kier molecular flexibility index (Phi) is 2.67. The third kappa shape index (κ3) is 2.10. The van der Waals surface area contributed by atoms with Crippen molar-refractivity contribution in [3.05, 3.63) is 24.8 Å². The maximum atomic E-state index is 10.3. The van der Waals surface area contributed by atoms with E-state index in [1.165, 1.54) is 6.08 Å². The predicted octanol–water partition coefficient (Wildman–Crippen LogP) is -0.459. The number of primary amides is 1. The molecule has 0 spiro atoms. The van der Waals surface area contributed by atoms with Crippen LogP contribution in [0.15, 0.2) is 24.8 Å². The predicted molar refractivity (Wildman–Crippen MR) is 36.5 cm³/mol. The monoisotopic (exact) mass is 126 g/mol. The summed E-state index contributed by atoms with van der Waals surface area (Å²) in [4.78, 5) is 10.3. The summed E-state index contributed by atoms with van der Waals surface area (Å²) in [6, 6.07) is -0.789. The van der Waals surface area contributed by atoms with E-state index in [2.05, 4.69) is 13.2 Å². The van der Waals surface area contributed by atoms with Crippen molar-refractivity contribution in [2.75, 3.05) is 0 Å². The molecule has 0 radical (unpaired) electrons. The lowest BCUT2D eigenvalue weighted by molar-refractivity contribution is -0.118. The lowest BCUT2D eigenvalue weighted by Crippen LogP contribution is -2.37. The van der Waals surface area contributed by atoms with Crippen molar-refractivity contribution in [1.29, 1.82) is 0 Å². The van der Waals surface area contributed by atoms with Crippen molar-refractivity contribution in [1.82, 2.24) is 0 Å². The Morgan fingerprint density at radius 1 is 1.67 bits per heavy atom. The van der Waals surface area contributed by atoms with Gasteiger partial charge in [0.25, 0.3) is 0 Å². The number of carbonyl (C=O) groups excluding carboxylic acids is 1. The number of hydrogen-bond acceptors (Lipinski definition) is 2. The lowest BCUT2D eigenvalue weighted by atomic mass is 10.1. The molecule has 0 saturated carbocycles. The fourth-order valence-corrected chi connectivity index (χ4v) is 0.310. The van der Waals surface area contributed by atoms with Crippen LogP contribution in [0.4, 0.5) is 0 Å². The van der Waals surface area contributed by atoms with Crippen LogP contribution >= 0.6 is 0 Å². The van der Waals surface area contributed by atoms with E-state index in [0.717, 1.165) is 0 Å². The Bertz CT molecular complexity index is 151. The van der Waals surface area contributed by atoms with Crippen LogP contribution < -0.4 is 11.5 Å². The molecule has 50 valence electrons. The SMILES string of the molecule is C=CC(=C)[C@@H](N)C(N)=O. The summed E-state index contributed by atoms with van der Waals surface area (Å²) in [5, 5.41) is 0. The van der Waals surface area contributed by atoms with Crippen molar-refractivity contribution in [3.8, 4) is 0 Å². The molecular formula is C6H10N2O. The Morgan fingerprint density at radius 3 is 2.22 bits per heavy atom. The second kappa shape index (κ2) is 3.04. The topological polar surface area (TPSA) is 69.1 Å². The highest BCUT2D eigenvalue weighted by Gasteiger charge is 2.08. The Hall–Kier alpha value is -1.09. The molecular weight excluding hydrogens is 116 g/mol. The molecule has 0 aromatic heterocycles. The molecule has 0 heterocycles. The number of hydrogen-bond donors (Lipinski definition) is 2. The average Bonchev–Trinajstić information content (AvgIpc) is 1.84. The lowest BCUT2D eigenvalue weighted by Gasteiger charge is -2.04. The normalized spacial score (nSPS) is 12.1. The molecule has 1 atom stereocenters. The Balaban J connectivity index is 4.03. The van der Waals surface area contributed by atoms with Crippen LogP contribution in [0.2, 0.25) is 0 Å². The van der Waals surface area contributed by atoms with Crippen molar-refractivity contribution >= 4 is 5.91 Å². The van der Waals surface area contributed by atoms with Crippen molar-refractivity contribution < 1.29 is 4.79 Å². The van der Waals surface area contributed by atoms with Gasteiger partial charge in [0.15, 0.2) is 0 Å². The zero-order chi connectivity index (χ0) is 7.44. The highest BCUT2D eigenvalue weighted by atomic mass is 16.1. The van der Waals surface area contributed by atoms with Gasteiger partial charge in [0.05, 0.1) is 0 Å². The third-order valence-corrected chi connectivity index (χ3v) is 0.968. The molecule has 0 bridgehead atoms. The minimum absolute atomic E-state index is 0.447. The summed E-state index contributed by atoms with van der Waals surface area (Å²) in [7, 11) is 0. The summed E-state index contributed by atoms with van der Waals surface area (Å²) < 4.78 is 0. The van der Waals surface area contributed by atoms with Gasteiger partial charge in [-0.05, 0) is 5.57 Å². The first kappa shape index (κ1) is 7.91. The van der Waals surface area contributed by atoms with Crippen LogP contribution in [-0.2, 0) is 4.79 Å². The molecule has 0 aliphatic rings. The smallest absolute Gasteiger partial charge is 0.238 e. The molecule has 0 aliphatic carbocycles. The van der Waals surface area contributed by atoms with Crippen LogP contribution in [0.3, 0.4) is 0 Å². The van der Waals surface area contributed by atoms with Crippen LogP contribution in [0.25, 0.3) is 0 Å². The molecule has 0 aromatic rings. The van der Waals surface area contributed by atoms with Gasteiger partial charge in [-0.1, -0.05) is 19.2 Å². The molecule has 0 rings (SSSR count). The van der Waals surface area contributed by atoms with Gasteiger partial charge in [-0.3, -0.25) is 4.79 Å². The summed E-state index contributed by atoms with van der Waals surface area (Å²) in [6.07, 6.45) is 1.41. The van der Waals surface area contributed by atoms with E-state index in [9.17, 15) is 4.79 Å². The van der Waals surface area contributed by atoms with Gasteiger partial charge in [-0.15, -0.1) is 0 Å². The van der Waals surface area contributed by atoms with Gasteiger partial charge < -0.3 is 11.5 Å². The zero-order valence-corrected chi connectivity index (χ0v) is 5.13. The summed E-state index contributed by atoms with van der Waals surface area (Å²) in [5.41, 5.74) is 10.5. The molecule has 0 aliphatic heterocycles. The summed E-state index contributed by atoms with van der Waals surface area (Å²) >= 11 is 0. The zero-order valence-electron chi connectivity index (χ0n) is 5.13. The molecule has 0 saturated heterocycles. The average molecular weight is 126 g/mol. The minimum Gasteiger partial charge on any atom is -0.368 e. The van der Waals surface area contributed by atoms with E-state index in [-0.39, 0.29) is 0 Å². The van der Waals surface area contributed by atoms with Gasteiger partial charge in [-0.25, -0.2) is 0 Å². The second-order valence-corrected chi connectivity index (χ2v) is 1.66. The number of amides is 1. The van der Waals surface area contributed by atoms with Gasteiger partial charge in [0.1, 0.15) is 6.04 Å². The first-order valence-electron chi connectivity index (χ1n) is 2.45. The summed E-state index contributed by atoms with van der Waals surface area (Å²) in [5.74, 6) is -0.583. The largest absolute Gasteiger partial charge is 0.368 e. The molecule has 1 amide bonds. The molecule has 9 heavy (non-hydrogen) atoms. The maximum Gasteiger partial charge on any atom is 0.238 e. The van der Waals surface area contributed by atoms with Gasteiger partial charge in [-0.2, -0.15) is 0 Å². The fourth-order valence-electron chi connectivity index (χ4n) is 0.310. The molecule has 0 aromatic carbocycles. The van der Waals surface area contributed by atoms with E-state index in [1.54, 1.807) is 0 Å². The standard InChI is InChI=1S/C6H10N2O/c1-3-4(2)5(7)6(8)9/h3,5H,1-2,7H2,(H2,8,9)/t5-/m1/s1. The molecule has 3 heteroatoms. The van der Waals surface area contributed by atoms with E-state index < -0.39 is 11.9 Å². The highest BCUT2D eigenvalue weighted by Crippen LogP contribution is 1.94. The van der Waals surface area contributed by atoms with Gasteiger partial charge in [0.2, 0.25) is 5.91 Å².